The Labute approximate surface area is 152 Å². The summed E-state index contributed by atoms with van der Waals surface area (Å²) < 4.78 is 26.6. The summed E-state index contributed by atoms with van der Waals surface area (Å²) in [6.07, 6.45) is 5.77. The van der Waals surface area contributed by atoms with Crippen LogP contribution < -0.4 is 0 Å². The zero-order chi connectivity index (χ0) is 18.4. The van der Waals surface area contributed by atoms with Gasteiger partial charge in [-0.15, -0.1) is 0 Å². The van der Waals surface area contributed by atoms with Crippen LogP contribution in [0.3, 0.4) is 0 Å². The Balaban J connectivity index is 1.98. The minimum Gasteiger partial charge on any atom is -0.342 e. The van der Waals surface area contributed by atoms with E-state index >= 15 is 0 Å². The second-order valence-corrected chi connectivity index (χ2v) is 8.45. The molecule has 2 unspecified atom stereocenters. The van der Waals surface area contributed by atoms with E-state index in [0.717, 1.165) is 18.4 Å². The molecule has 1 aliphatic rings. The molecular weight excluding hydrogens is 336 g/mol. The molecule has 0 radical (unpaired) electrons. The molecule has 140 valence electrons. The van der Waals surface area contributed by atoms with Crippen LogP contribution in [-0.4, -0.2) is 49.2 Å². The summed E-state index contributed by atoms with van der Waals surface area (Å²) in [5.41, 5.74) is 1.16. The topological polar surface area (TPSA) is 57.5 Å². The molecule has 5 nitrogen and oxygen atoms in total. The first kappa shape index (κ1) is 19.9. The minimum absolute atomic E-state index is 0.0962. The molecule has 6 heteroatoms. The third-order valence-corrected chi connectivity index (χ3v) is 6.66. The maximum atomic E-state index is 12.7. The van der Waals surface area contributed by atoms with Crippen molar-refractivity contribution < 1.29 is 13.2 Å². The molecule has 0 N–H and O–H groups in total. The number of amides is 1. The van der Waals surface area contributed by atoms with Gasteiger partial charge in [0.05, 0.1) is 4.90 Å². The highest BCUT2D eigenvalue weighted by Gasteiger charge is 2.50. The molecule has 0 spiro atoms. The number of hydrogen-bond acceptors (Lipinski definition) is 3. The van der Waals surface area contributed by atoms with Gasteiger partial charge in [0.1, 0.15) is 6.04 Å². The highest BCUT2D eigenvalue weighted by molar-refractivity contribution is 7.89. The van der Waals surface area contributed by atoms with E-state index in [2.05, 4.69) is 6.92 Å². The number of nitrogens with zero attached hydrogens (tertiary/aromatic N) is 2. The third-order valence-electron chi connectivity index (χ3n) is 4.78. The highest BCUT2D eigenvalue weighted by Crippen LogP contribution is 2.29. The van der Waals surface area contributed by atoms with Gasteiger partial charge in [0.25, 0.3) is 0 Å². The van der Waals surface area contributed by atoms with Crippen molar-refractivity contribution >= 4 is 15.9 Å². The normalized spacial score (nSPS) is 19.6. The summed E-state index contributed by atoms with van der Waals surface area (Å²) in [5, 5.41) is 0. The van der Waals surface area contributed by atoms with Gasteiger partial charge in [-0.1, -0.05) is 38.3 Å². The summed E-state index contributed by atoms with van der Waals surface area (Å²) in [6, 6.07) is 6.59. The van der Waals surface area contributed by atoms with E-state index in [1.165, 1.54) is 23.6 Å². The van der Waals surface area contributed by atoms with Gasteiger partial charge in [0, 0.05) is 19.6 Å². The number of carbonyl (C=O) groups excluding carboxylic acids is 1. The van der Waals surface area contributed by atoms with Crippen LogP contribution in [0.5, 0.6) is 0 Å². The van der Waals surface area contributed by atoms with Crippen LogP contribution in [0, 0.1) is 0 Å². The van der Waals surface area contributed by atoms with E-state index in [1.54, 1.807) is 17.0 Å². The summed E-state index contributed by atoms with van der Waals surface area (Å²) in [5.74, 6) is -0.0962. The number of unbranched alkanes of at least 4 members (excludes halogenated alkanes) is 3. The molecule has 1 amide bonds. The summed E-state index contributed by atoms with van der Waals surface area (Å²) in [4.78, 5) is 14.3. The number of hydrogen-bond donors (Lipinski definition) is 0. The number of sulfonamides is 1. The van der Waals surface area contributed by atoms with Crippen LogP contribution in [0.1, 0.15) is 52.0 Å². The van der Waals surface area contributed by atoms with Gasteiger partial charge in [-0.05, 0) is 44.4 Å². The predicted octanol–water partition coefficient (Wildman–Crippen LogP) is 3.05. The Morgan fingerprint density at radius 3 is 2.28 bits per heavy atom. The lowest BCUT2D eigenvalue weighted by molar-refractivity contribution is -0.130. The number of benzene rings is 1. The van der Waals surface area contributed by atoms with Crippen molar-refractivity contribution in [1.29, 1.82) is 0 Å². The van der Waals surface area contributed by atoms with Gasteiger partial charge in [-0.25, -0.2) is 8.42 Å². The average Bonchev–Trinajstić information content (AvgIpc) is 3.42. The van der Waals surface area contributed by atoms with E-state index in [-0.39, 0.29) is 17.3 Å². The predicted molar refractivity (Wildman–Crippen MR) is 99.9 cm³/mol. The Morgan fingerprint density at radius 2 is 1.72 bits per heavy atom. The van der Waals surface area contributed by atoms with Gasteiger partial charge in [-0.3, -0.25) is 4.79 Å². The summed E-state index contributed by atoms with van der Waals surface area (Å²) in [7, 11) is -3.57. The molecule has 2 atom stereocenters. The van der Waals surface area contributed by atoms with Crippen molar-refractivity contribution in [2.45, 2.75) is 63.8 Å². The maximum Gasteiger partial charge on any atom is 0.243 e. The Bertz CT molecular complexity index is 666. The minimum atomic E-state index is -3.57. The van der Waals surface area contributed by atoms with Crippen LogP contribution >= 0.6 is 0 Å². The maximum absolute atomic E-state index is 12.7. The lowest BCUT2D eigenvalue weighted by atomic mass is 10.1. The van der Waals surface area contributed by atoms with Crippen LogP contribution in [-0.2, 0) is 21.2 Å². The van der Waals surface area contributed by atoms with Crippen LogP contribution in [0.4, 0.5) is 0 Å². The van der Waals surface area contributed by atoms with E-state index in [4.69, 9.17) is 0 Å². The molecule has 1 aliphatic heterocycles. The lowest BCUT2D eigenvalue weighted by Gasteiger charge is -2.18. The number of carbonyl (C=O) groups is 1. The van der Waals surface area contributed by atoms with Gasteiger partial charge in [0.2, 0.25) is 15.9 Å². The SMILES string of the molecule is CCCCCCc1ccc(S(=O)(=O)N2CC2C(=O)N(CC)CC)cc1. The van der Waals surface area contributed by atoms with Crippen molar-refractivity contribution in [3.63, 3.8) is 0 Å². The second kappa shape index (κ2) is 8.81. The second-order valence-electron chi connectivity index (χ2n) is 6.56. The van der Waals surface area contributed by atoms with E-state index in [9.17, 15) is 13.2 Å². The Hall–Kier alpha value is -1.40. The van der Waals surface area contributed by atoms with Crippen molar-refractivity contribution in [2.75, 3.05) is 19.6 Å². The van der Waals surface area contributed by atoms with Gasteiger partial charge >= 0.3 is 0 Å². The number of likely N-dealkylation sites (N-methyl/N-ethyl adjacent to an activating group) is 1. The van der Waals surface area contributed by atoms with Crippen molar-refractivity contribution in [3.8, 4) is 0 Å². The van der Waals surface area contributed by atoms with Crippen molar-refractivity contribution in [2.24, 2.45) is 0 Å². The van der Waals surface area contributed by atoms with Crippen LogP contribution in [0.2, 0.25) is 0 Å². The Kier molecular flexibility index (Phi) is 7.02. The number of aryl methyl sites for hydroxylation is 1. The quantitative estimate of drug-likeness (QED) is 0.472. The fourth-order valence-electron chi connectivity index (χ4n) is 3.06. The van der Waals surface area contributed by atoms with E-state index in [0.29, 0.717) is 13.1 Å². The summed E-state index contributed by atoms with van der Waals surface area (Å²) >= 11 is 0. The van der Waals surface area contributed by atoms with Gasteiger partial charge in [0.15, 0.2) is 0 Å². The van der Waals surface area contributed by atoms with Gasteiger partial charge < -0.3 is 4.90 Å². The molecule has 1 aromatic rings. The van der Waals surface area contributed by atoms with Crippen molar-refractivity contribution in [3.05, 3.63) is 29.8 Å². The summed E-state index contributed by atoms with van der Waals surface area (Å²) in [6.45, 7) is 7.49. The van der Waals surface area contributed by atoms with E-state index < -0.39 is 16.1 Å². The molecule has 0 aromatic heterocycles. The molecule has 1 saturated heterocycles. The first-order valence-corrected chi connectivity index (χ1v) is 10.8. The Morgan fingerprint density at radius 1 is 1.08 bits per heavy atom. The highest BCUT2D eigenvalue weighted by atomic mass is 32.2. The smallest absolute Gasteiger partial charge is 0.243 e. The van der Waals surface area contributed by atoms with Crippen LogP contribution in [0.15, 0.2) is 29.2 Å². The molecule has 1 heterocycles. The number of rotatable bonds is 10. The molecule has 25 heavy (non-hydrogen) atoms. The van der Waals surface area contributed by atoms with Crippen molar-refractivity contribution in [1.82, 2.24) is 9.21 Å². The molecule has 1 fully saturated rings. The lowest BCUT2D eigenvalue weighted by Crippen LogP contribution is -2.36. The van der Waals surface area contributed by atoms with Gasteiger partial charge in [-0.2, -0.15) is 4.31 Å². The zero-order valence-corrected chi connectivity index (χ0v) is 16.4. The fourth-order valence-corrected chi connectivity index (χ4v) is 4.57. The molecule has 0 bridgehead atoms. The molecule has 0 aliphatic carbocycles. The standard InChI is InChI=1S/C19H30N2O3S/c1-4-7-8-9-10-16-11-13-17(14-12-16)25(23,24)21-15-18(21)19(22)20(5-2)6-3/h11-14,18H,4-10,15H2,1-3H3. The monoisotopic (exact) mass is 366 g/mol. The van der Waals surface area contributed by atoms with Crippen LogP contribution in [0.25, 0.3) is 0 Å². The zero-order valence-electron chi connectivity index (χ0n) is 15.6. The fraction of sp³-hybridized carbons (Fsp3) is 0.632. The molecule has 2 rings (SSSR count). The molecule has 1 aromatic carbocycles. The average molecular weight is 367 g/mol. The molecular formula is C19H30N2O3S. The molecule has 0 saturated carbocycles. The third kappa shape index (κ3) is 4.82. The first-order chi connectivity index (χ1) is 12.0. The largest absolute Gasteiger partial charge is 0.342 e. The first-order valence-electron chi connectivity index (χ1n) is 9.35. The van der Waals surface area contributed by atoms with E-state index in [1.807, 2.05) is 26.0 Å².